The predicted octanol–water partition coefficient (Wildman–Crippen LogP) is 2.28. The molecule has 0 saturated heterocycles. The molecular weight excluding hydrogens is 136 g/mol. The Morgan fingerprint density at radius 1 is 1.36 bits per heavy atom. The van der Waals surface area contributed by atoms with Gasteiger partial charge in [-0.25, -0.2) is 0 Å². The molecule has 1 saturated carbocycles. The van der Waals surface area contributed by atoms with E-state index in [0.717, 1.165) is 17.6 Å². The SMILES string of the molecule is C=C(C)C(=C)C1(O)CC1(C)C. The van der Waals surface area contributed by atoms with Crippen LogP contribution in [0.25, 0.3) is 0 Å². The molecule has 1 heteroatoms. The first-order chi connectivity index (χ1) is 4.81. The molecule has 0 aromatic rings. The highest BCUT2D eigenvalue weighted by Crippen LogP contribution is 2.60. The fraction of sp³-hybridized carbons (Fsp3) is 0.600. The van der Waals surface area contributed by atoms with E-state index in [-0.39, 0.29) is 5.41 Å². The molecule has 1 rings (SSSR count). The van der Waals surface area contributed by atoms with Gasteiger partial charge in [0, 0.05) is 5.41 Å². The van der Waals surface area contributed by atoms with Crippen molar-refractivity contribution in [2.75, 3.05) is 0 Å². The van der Waals surface area contributed by atoms with Crippen molar-refractivity contribution in [3.05, 3.63) is 24.3 Å². The molecular formula is C10H16O. The Morgan fingerprint density at radius 2 is 1.73 bits per heavy atom. The van der Waals surface area contributed by atoms with Gasteiger partial charge in [0.25, 0.3) is 0 Å². The number of hydrogen-bond acceptors (Lipinski definition) is 1. The molecule has 11 heavy (non-hydrogen) atoms. The third-order valence-corrected chi connectivity index (χ3v) is 2.71. The Kier molecular flexibility index (Phi) is 1.53. The zero-order valence-corrected chi connectivity index (χ0v) is 7.57. The van der Waals surface area contributed by atoms with Gasteiger partial charge in [-0.2, -0.15) is 0 Å². The van der Waals surface area contributed by atoms with Crippen molar-refractivity contribution in [3.63, 3.8) is 0 Å². The Balaban J connectivity index is 2.80. The van der Waals surface area contributed by atoms with Crippen molar-refractivity contribution in [1.82, 2.24) is 0 Å². The second-order valence-corrected chi connectivity index (χ2v) is 4.18. The molecule has 0 bridgehead atoms. The largest absolute Gasteiger partial charge is 0.385 e. The van der Waals surface area contributed by atoms with E-state index in [1.54, 1.807) is 0 Å². The number of hydrogen-bond donors (Lipinski definition) is 1. The third kappa shape index (κ3) is 1.04. The molecule has 1 fully saturated rings. The van der Waals surface area contributed by atoms with Crippen LogP contribution in [0.15, 0.2) is 24.3 Å². The molecule has 0 radical (unpaired) electrons. The van der Waals surface area contributed by atoms with Crippen molar-refractivity contribution >= 4 is 0 Å². The lowest BCUT2D eigenvalue weighted by atomic mass is 9.96. The molecule has 1 N–H and O–H groups in total. The van der Waals surface area contributed by atoms with Gasteiger partial charge in [0.2, 0.25) is 0 Å². The van der Waals surface area contributed by atoms with Crippen LogP contribution in [0.3, 0.4) is 0 Å². The van der Waals surface area contributed by atoms with Crippen molar-refractivity contribution in [3.8, 4) is 0 Å². The van der Waals surface area contributed by atoms with Crippen LogP contribution >= 0.6 is 0 Å². The molecule has 1 nitrogen and oxygen atoms in total. The van der Waals surface area contributed by atoms with Gasteiger partial charge in [-0.3, -0.25) is 0 Å². The van der Waals surface area contributed by atoms with Crippen LogP contribution in [-0.2, 0) is 0 Å². The second-order valence-electron chi connectivity index (χ2n) is 4.18. The second kappa shape index (κ2) is 1.98. The summed E-state index contributed by atoms with van der Waals surface area (Å²) in [6, 6.07) is 0. The number of aliphatic hydroxyl groups is 1. The van der Waals surface area contributed by atoms with Gasteiger partial charge in [0.1, 0.15) is 0 Å². The van der Waals surface area contributed by atoms with Gasteiger partial charge < -0.3 is 5.11 Å². The first-order valence-electron chi connectivity index (χ1n) is 3.89. The van der Waals surface area contributed by atoms with E-state index in [1.807, 2.05) is 20.8 Å². The average Bonchev–Trinajstić information content (AvgIpc) is 2.32. The van der Waals surface area contributed by atoms with Crippen LogP contribution in [0.4, 0.5) is 0 Å². The summed E-state index contributed by atoms with van der Waals surface area (Å²) in [7, 11) is 0. The Bertz CT molecular complexity index is 225. The Morgan fingerprint density at radius 3 is 1.82 bits per heavy atom. The maximum atomic E-state index is 9.94. The van der Waals surface area contributed by atoms with E-state index in [4.69, 9.17) is 0 Å². The third-order valence-electron chi connectivity index (χ3n) is 2.71. The quantitative estimate of drug-likeness (QED) is 0.602. The van der Waals surface area contributed by atoms with Gasteiger partial charge >= 0.3 is 0 Å². The Labute approximate surface area is 68.4 Å². The van der Waals surface area contributed by atoms with Crippen LogP contribution in [0.1, 0.15) is 27.2 Å². The van der Waals surface area contributed by atoms with Crippen molar-refractivity contribution in [1.29, 1.82) is 0 Å². The van der Waals surface area contributed by atoms with Crippen LogP contribution in [0, 0.1) is 5.41 Å². The van der Waals surface area contributed by atoms with E-state index in [2.05, 4.69) is 13.2 Å². The first-order valence-corrected chi connectivity index (χ1v) is 3.89. The standard InChI is InChI=1S/C10H16O/c1-7(2)8(3)10(11)6-9(10,4)5/h11H,1,3,6H2,2,4-5H3. The molecule has 0 aromatic carbocycles. The van der Waals surface area contributed by atoms with Gasteiger partial charge in [0.05, 0.1) is 5.60 Å². The minimum atomic E-state index is -0.668. The predicted molar refractivity (Wildman–Crippen MR) is 47.3 cm³/mol. The fourth-order valence-electron chi connectivity index (χ4n) is 1.46. The summed E-state index contributed by atoms with van der Waals surface area (Å²) in [5.41, 5.74) is 1.02. The van der Waals surface area contributed by atoms with Gasteiger partial charge in [-0.1, -0.05) is 32.6 Å². The lowest BCUT2D eigenvalue weighted by Gasteiger charge is -2.16. The van der Waals surface area contributed by atoms with Crippen molar-refractivity contribution in [2.24, 2.45) is 5.41 Å². The summed E-state index contributed by atoms with van der Waals surface area (Å²) >= 11 is 0. The molecule has 0 amide bonds. The van der Waals surface area contributed by atoms with E-state index in [1.165, 1.54) is 0 Å². The average molecular weight is 152 g/mol. The fourth-order valence-corrected chi connectivity index (χ4v) is 1.46. The minimum absolute atomic E-state index is 0.00301. The molecule has 62 valence electrons. The highest BCUT2D eigenvalue weighted by Gasteiger charge is 2.61. The zero-order valence-electron chi connectivity index (χ0n) is 7.57. The highest BCUT2D eigenvalue weighted by atomic mass is 16.3. The van der Waals surface area contributed by atoms with Crippen LogP contribution in [-0.4, -0.2) is 10.7 Å². The van der Waals surface area contributed by atoms with E-state index in [0.29, 0.717) is 0 Å². The molecule has 1 aliphatic rings. The van der Waals surface area contributed by atoms with Gasteiger partial charge in [-0.15, -0.1) is 0 Å². The summed E-state index contributed by atoms with van der Waals surface area (Å²) in [5, 5.41) is 9.94. The van der Waals surface area contributed by atoms with E-state index >= 15 is 0 Å². The molecule has 0 heterocycles. The zero-order chi connectivity index (χ0) is 8.86. The molecule has 0 aromatic heterocycles. The summed E-state index contributed by atoms with van der Waals surface area (Å²) in [6.07, 6.45) is 0.811. The number of rotatable bonds is 2. The van der Waals surface area contributed by atoms with Crippen LogP contribution in [0.2, 0.25) is 0 Å². The maximum absolute atomic E-state index is 9.94. The monoisotopic (exact) mass is 152 g/mol. The minimum Gasteiger partial charge on any atom is -0.385 e. The van der Waals surface area contributed by atoms with E-state index < -0.39 is 5.60 Å². The molecule has 1 aliphatic carbocycles. The topological polar surface area (TPSA) is 20.2 Å². The van der Waals surface area contributed by atoms with Crippen LogP contribution in [0.5, 0.6) is 0 Å². The summed E-state index contributed by atoms with van der Waals surface area (Å²) in [5.74, 6) is 0. The smallest absolute Gasteiger partial charge is 0.0951 e. The lowest BCUT2D eigenvalue weighted by molar-refractivity contribution is 0.149. The normalized spacial score (nSPS) is 33.1. The summed E-state index contributed by atoms with van der Waals surface area (Å²) in [4.78, 5) is 0. The van der Waals surface area contributed by atoms with Crippen molar-refractivity contribution < 1.29 is 5.11 Å². The maximum Gasteiger partial charge on any atom is 0.0951 e. The highest BCUT2D eigenvalue weighted by molar-refractivity contribution is 5.41. The molecule has 1 unspecified atom stereocenters. The summed E-state index contributed by atoms with van der Waals surface area (Å²) < 4.78 is 0. The van der Waals surface area contributed by atoms with Crippen LogP contribution < -0.4 is 0 Å². The summed E-state index contributed by atoms with van der Waals surface area (Å²) in [6.45, 7) is 13.6. The first kappa shape index (κ1) is 8.54. The van der Waals surface area contributed by atoms with E-state index in [9.17, 15) is 5.11 Å². The lowest BCUT2D eigenvalue weighted by Crippen LogP contribution is -2.18. The molecule has 0 spiro atoms. The van der Waals surface area contributed by atoms with Gasteiger partial charge in [0.15, 0.2) is 0 Å². The van der Waals surface area contributed by atoms with Crippen molar-refractivity contribution in [2.45, 2.75) is 32.8 Å². The Hall–Kier alpha value is -0.560. The van der Waals surface area contributed by atoms with Gasteiger partial charge in [-0.05, 0) is 18.9 Å². The molecule has 1 atom stereocenters. The molecule has 0 aliphatic heterocycles.